The third-order valence-electron chi connectivity index (χ3n) is 5.38. The number of methoxy groups -OCH3 is 1. The molecule has 1 aromatic carbocycles. The van der Waals surface area contributed by atoms with Crippen molar-refractivity contribution in [3.63, 3.8) is 0 Å². The minimum atomic E-state index is -3.90. The monoisotopic (exact) mass is 419 g/mol. The first kappa shape index (κ1) is 23.2. The molecular weight excluding hydrogens is 386 g/mol. The predicted octanol–water partition coefficient (Wildman–Crippen LogP) is 4.81. The normalized spacial score (nSPS) is 13.3. The van der Waals surface area contributed by atoms with Gasteiger partial charge in [-0.15, -0.1) is 0 Å². The fraction of sp³-hybridized carbons (Fsp3) is 0.522. The first-order valence-corrected chi connectivity index (χ1v) is 11.7. The lowest BCUT2D eigenvalue weighted by atomic mass is 9.85. The van der Waals surface area contributed by atoms with Gasteiger partial charge in [0, 0.05) is 11.6 Å². The summed E-state index contributed by atoms with van der Waals surface area (Å²) in [6, 6.07) is 7.22. The molecule has 0 saturated carbocycles. The van der Waals surface area contributed by atoms with Crippen molar-refractivity contribution in [3.8, 4) is 5.75 Å². The molecule has 29 heavy (non-hydrogen) atoms. The van der Waals surface area contributed by atoms with Crippen LogP contribution in [0.1, 0.15) is 75.0 Å². The Bertz CT molecular complexity index is 975. The lowest BCUT2D eigenvalue weighted by Gasteiger charge is -2.25. The Hall–Kier alpha value is -2.08. The lowest BCUT2D eigenvalue weighted by Crippen LogP contribution is -2.38. The zero-order valence-corrected chi connectivity index (χ0v) is 19.4. The molecule has 0 aliphatic heterocycles. The molecule has 1 atom stereocenters. The van der Waals surface area contributed by atoms with Gasteiger partial charge in [0.05, 0.1) is 12.4 Å². The second-order valence-electron chi connectivity index (χ2n) is 8.48. The molecule has 1 aromatic heterocycles. The molecule has 6 heteroatoms. The van der Waals surface area contributed by atoms with Crippen molar-refractivity contribution in [1.82, 2.24) is 0 Å². The Kier molecular flexibility index (Phi) is 6.99. The predicted molar refractivity (Wildman–Crippen MR) is 116 cm³/mol. The van der Waals surface area contributed by atoms with Crippen LogP contribution < -0.4 is 9.47 Å². The van der Waals surface area contributed by atoms with Crippen molar-refractivity contribution in [2.75, 3.05) is 7.11 Å². The van der Waals surface area contributed by atoms with E-state index in [1.165, 1.54) is 6.20 Å². The molecule has 0 spiro atoms. The summed E-state index contributed by atoms with van der Waals surface area (Å²) in [6.07, 6.45) is 3.13. The van der Waals surface area contributed by atoms with Gasteiger partial charge in [-0.2, -0.15) is 4.73 Å². The molecule has 0 saturated heterocycles. The first-order valence-electron chi connectivity index (χ1n) is 10.1. The summed E-state index contributed by atoms with van der Waals surface area (Å²) < 4.78 is 33.4. The van der Waals surface area contributed by atoms with E-state index in [9.17, 15) is 13.6 Å². The van der Waals surface area contributed by atoms with Crippen LogP contribution in [0.2, 0.25) is 0 Å². The molecule has 1 unspecified atom stereocenters. The average molecular weight is 420 g/mol. The maximum absolute atomic E-state index is 13.8. The van der Waals surface area contributed by atoms with Crippen LogP contribution in [0.25, 0.3) is 0 Å². The van der Waals surface area contributed by atoms with Gasteiger partial charge in [0.1, 0.15) is 5.75 Å². The highest BCUT2D eigenvalue weighted by Gasteiger charge is 2.39. The standard InChI is InChI=1S/C23H33NO4S/c1-8-10-21(19-12-11-18(28-7)15-17(19)9-2)29(26,27)22-16(3)20(23(4,5)6)13-14-24(22)25/h11-15,21H,8-10H2,1-7H3. The number of aromatic nitrogens is 1. The highest BCUT2D eigenvalue weighted by atomic mass is 32.2. The number of aryl methyl sites for hydroxylation is 1. The topological polar surface area (TPSA) is 70.3 Å². The van der Waals surface area contributed by atoms with E-state index in [2.05, 4.69) is 0 Å². The molecule has 0 aliphatic rings. The molecular formula is C23H33NO4S. The molecule has 0 aliphatic carbocycles. The molecule has 1 heterocycles. The number of hydrogen-bond donors (Lipinski definition) is 0. The van der Waals surface area contributed by atoms with Gasteiger partial charge in [-0.3, -0.25) is 0 Å². The van der Waals surface area contributed by atoms with Crippen molar-refractivity contribution < 1.29 is 17.9 Å². The summed E-state index contributed by atoms with van der Waals surface area (Å²) in [5, 5.41) is 11.8. The SMILES string of the molecule is CCCC(c1ccc(OC)cc1CC)S(=O)(=O)c1c(C)c(C(C)(C)C)cc[n+]1[O-]. The van der Waals surface area contributed by atoms with Crippen LogP contribution in [0.4, 0.5) is 0 Å². The second kappa shape index (κ2) is 8.74. The van der Waals surface area contributed by atoms with Crippen LogP contribution in [0.5, 0.6) is 5.75 Å². The number of nitrogens with zero attached hydrogens (tertiary/aromatic N) is 1. The number of pyridine rings is 1. The summed E-state index contributed by atoms with van der Waals surface area (Å²) in [7, 11) is -2.31. The van der Waals surface area contributed by atoms with Gasteiger partial charge >= 0.3 is 5.03 Å². The second-order valence-corrected chi connectivity index (χ2v) is 10.5. The molecule has 0 bridgehead atoms. The summed E-state index contributed by atoms with van der Waals surface area (Å²) >= 11 is 0. The van der Waals surface area contributed by atoms with Crippen molar-refractivity contribution in [1.29, 1.82) is 0 Å². The van der Waals surface area contributed by atoms with Crippen molar-refractivity contribution in [3.05, 3.63) is 57.9 Å². The van der Waals surface area contributed by atoms with E-state index < -0.39 is 15.1 Å². The molecule has 0 fully saturated rings. The van der Waals surface area contributed by atoms with E-state index in [-0.39, 0.29) is 10.4 Å². The fourth-order valence-corrected chi connectivity index (χ4v) is 6.20. The molecule has 0 amide bonds. The smallest absolute Gasteiger partial charge is 0.312 e. The van der Waals surface area contributed by atoms with E-state index in [4.69, 9.17) is 4.74 Å². The van der Waals surface area contributed by atoms with Gasteiger partial charge in [0.2, 0.25) is 9.84 Å². The van der Waals surface area contributed by atoms with Crippen molar-refractivity contribution in [2.24, 2.45) is 0 Å². The molecule has 0 N–H and O–H groups in total. The van der Waals surface area contributed by atoms with Gasteiger partial charge in [0.15, 0.2) is 6.20 Å². The molecule has 5 nitrogen and oxygen atoms in total. The average Bonchev–Trinajstić information content (AvgIpc) is 2.64. The Morgan fingerprint density at radius 2 is 1.83 bits per heavy atom. The van der Waals surface area contributed by atoms with Gasteiger partial charge < -0.3 is 9.94 Å². The third-order valence-corrected chi connectivity index (χ3v) is 7.65. The minimum Gasteiger partial charge on any atom is -0.618 e. The summed E-state index contributed by atoms with van der Waals surface area (Å²) in [4.78, 5) is 0. The van der Waals surface area contributed by atoms with Crippen LogP contribution in [-0.2, 0) is 21.7 Å². The zero-order chi connectivity index (χ0) is 22.0. The van der Waals surface area contributed by atoms with Crippen LogP contribution in [0.3, 0.4) is 0 Å². The Balaban J connectivity index is 2.75. The summed E-state index contributed by atoms with van der Waals surface area (Å²) in [5.41, 5.74) is 2.80. The highest BCUT2D eigenvalue weighted by Crippen LogP contribution is 2.38. The van der Waals surface area contributed by atoms with E-state index in [0.717, 1.165) is 16.7 Å². The molecule has 2 aromatic rings. The quantitative estimate of drug-likeness (QED) is 0.477. The number of benzene rings is 1. The summed E-state index contributed by atoms with van der Waals surface area (Å²) in [5.74, 6) is 0.697. The molecule has 160 valence electrons. The first-order chi connectivity index (χ1) is 13.5. The van der Waals surface area contributed by atoms with Crippen LogP contribution in [-0.4, -0.2) is 15.5 Å². The van der Waals surface area contributed by atoms with Gasteiger partial charge in [-0.1, -0.05) is 47.1 Å². The lowest BCUT2D eigenvalue weighted by molar-refractivity contribution is -0.647. The van der Waals surface area contributed by atoms with Crippen LogP contribution in [0.15, 0.2) is 35.5 Å². The largest absolute Gasteiger partial charge is 0.618 e. The van der Waals surface area contributed by atoms with Gasteiger partial charge in [0.25, 0.3) is 0 Å². The van der Waals surface area contributed by atoms with E-state index in [1.54, 1.807) is 26.2 Å². The third kappa shape index (κ3) is 4.58. The number of ether oxygens (including phenoxy) is 1. The van der Waals surface area contributed by atoms with Crippen LogP contribution in [0, 0.1) is 12.1 Å². The maximum Gasteiger partial charge on any atom is 0.312 e. The summed E-state index contributed by atoms with van der Waals surface area (Å²) in [6.45, 7) is 11.7. The Labute approximate surface area is 175 Å². The van der Waals surface area contributed by atoms with Crippen LogP contribution >= 0.6 is 0 Å². The van der Waals surface area contributed by atoms with E-state index in [1.807, 2.05) is 46.8 Å². The number of sulfone groups is 1. The fourth-order valence-electron chi connectivity index (χ4n) is 3.97. The van der Waals surface area contributed by atoms with Crippen molar-refractivity contribution >= 4 is 9.84 Å². The number of rotatable bonds is 7. The maximum atomic E-state index is 13.8. The zero-order valence-electron chi connectivity index (χ0n) is 18.6. The Morgan fingerprint density at radius 3 is 2.34 bits per heavy atom. The Morgan fingerprint density at radius 1 is 1.17 bits per heavy atom. The van der Waals surface area contributed by atoms with Crippen molar-refractivity contribution in [2.45, 2.75) is 76.5 Å². The van der Waals surface area contributed by atoms with E-state index >= 15 is 0 Å². The molecule has 0 radical (unpaired) electrons. The van der Waals surface area contributed by atoms with E-state index in [0.29, 0.717) is 35.3 Å². The highest BCUT2D eigenvalue weighted by molar-refractivity contribution is 7.91. The van der Waals surface area contributed by atoms with Gasteiger partial charge in [-0.05, 0) is 54.0 Å². The minimum absolute atomic E-state index is 0.138. The number of hydrogen-bond acceptors (Lipinski definition) is 4. The molecule has 2 rings (SSSR count). The van der Waals surface area contributed by atoms with Gasteiger partial charge in [-0.25, -0.2) is 8.42 Å².